The van der Waals surface area contributed by atoms with E-state index in [2.05, 4.69) is 0 Å². The fourth-order valence-electron chi connectivity index (χ4n) is 1.23. The summed E-state index contributed by atoms with van der Waals surface area (Å²) in [5.41, 5.74) is 0.375. The maximum Gasteiger partial charge on any atom is 0.172 e. The highest BCUT2D eigenvalue weighted by atomic mass is 35.5. The van der Waals surface area contributed by atoms with Crippen molar-refractivity contribution >= 4 is 17.4 Å². The van der Waals surface area contributed by atoms with Crippen molar-refractivity contribution in [2.24, 2.45) is 0 Å². The van der Waals surface area contributed by atoms with Gasteiger partial charge in [-0.2, -0.15) is 5.26 Å². The zero-order chi connectivity index (χ0) is 12.1. The number of nitriles is 1. The Balaban J connectivity index is 2.92. The van der Waals surface area contributed by atoms with Gasteiger partial charge in [0.25, 0.3) is 0 Å². The van der Waals surface area contributed by atoms with Crippen molar-refractivity contribution in [2.45, 2.75) is 26.4 Å². The molecule has 0 saturated carbocycles. The zero-order valence-electron chi connectivity index (χ0n) is 9.16. The molecule has 1 unspecified atom stereocenters. The van der Waals surface area contributed by atoms with Crippen molar-refractivity contribution in [1.29, 1.82) is 5.26 Å². The Morgan fingerprint density at radius 1 is 1.62 bits per heavy atom. The van der Waals surface area contributed by atoms with Gasteiger partial charge in [-0.15, -0.1) is 0 Å². The fraction of sp³-hybridized carbons (Fsp3) is 0.333. The molecule has 0 amide bonds. The summed E-state index contributed by atoms with van der Waals surface area (Å²) in [6.45, 7) is 3.43. The number of halogens is 1. The van der Waals surface area contributed by atoms with E-state index in [-0.39, 0.29) is 5.78 Å². The molecule has 1 atom stereocenters. The van der Waals surface area contributed by atoms with E-state index in [4.69, 9.17) is 21.6 Å². The van der Waals surface area contributed by atoms with Crippen LogP contribution in [0.15, 0.2) is 18.2 Å². The van der Waals surface area contributed by atoms with Gasteiger partial charge < -0.3 is 4.74 Å². The molecule has 0 bridgehead atoms. The van der Waals surface area contributed by atoms with Gasteiger partial charge in [-0.25, -0.2) is 0 Å². The average Bonchev–Trinajstić information content (AvgIpc) is 2.28. The Kier molecular flexibility index (Phi) is 4.33. The van der Waals surface area contributed by atoms with Gasteiger partial charge in [-0.3, -0.25) is 4.79 Å². The zero-order valence-corrected chi connectivity index (χ0v) is 9.91. The second-order valence-corrected chi connectivity index (χ2v) is 3.77. The van der Waals surface area contributed by atoms with E-state index in [1.165, 1.54) is 0 Å². The summed E-state index contributed by atoms with van der Waals surface area (Å²) >= 11 is 5.80. The minimum Gasteiger partial charge on any atom is -0.482 e. The number of hydrogen-bond donors (Lipinski definition) is 0. The summed E-state index contributed by atoms with van der Waals surface area (Å²) in [5, 5.41) is 9.34. The van der Waals surface area contributed by atoms with Crippen LogP contribution in [0.3, 0.4) is 0 Å². The summed E-state index contributed by atoms with van der Waals surface area (Å²) in [5.74, 6) is 0.341. The average molecular weight is 238 g/mol. The summed E-state index contributed by atoms with van der Waals surface area (Å²) in [4.78, 5) is 11.4. The second-order valence-electron chi connectivity index (χ2n) is 3.33. The molecule has 0 aromatic heterocycles. The van der Waals surface area contributed by atoms with Gasteiger partial charge in [0.2, 0.25) is 0 Å². The molecule has 1 rings (SSSR count). The van der Waals surface area contributed by atoms with E-state index in [1.807, 2.05) is 6.07 Å². The van der Waals surface area contributed by atoms with Gasteiger partial charge in [-0.05, 0) is 19.1 Å². The lowest BCUT2D eigenvalue weighted by molar-refractivity contribution is -0.124. The lowest BCUT2D eigenvalue weighted by Crippen LogP contribution is -2.23. The Hall–Kier alpha value is -1.53. The van der Waals surface area contributed by atoms with Gasteiger partial charge in [0.15, 0.2) is 11.9 Å². The molecule has 16 heavy (non-hydrogen) atoms. The number of benzene rings is 1. The molecule has 1 aromatic carbocycles. The third-order valence-electron chi connectivity index (χ3n) is 2.17. The fourth-order valence-corrected chi connectivity index (χ4v) is 1.39. The predicted molar refractivity (Wildman–Crippen MR) is 61.6 cm³/mol. The number of ether oxygens (including phenoxy) is 1. The lowest BCUT2D eigenvalue weighted by Gasteiger charge is -2.13. The van der Waals surface area contributed by atoms with Gasteiger partial charge in [-0.1, -0.05) is 18.5 Å². The Bertz CT molecular complexity index is 437. The molecule has 0 fully saturated rings. The van der Waals surface area contributed by atoms with E-state index in [1.54, 1.807) is 32.0 Å². The van der Waals surface area contributed by atoms with Crippen LogP contribution in [0.1, 0.15) is 25.8 Å². The van der Waals surface area contributed by atoms with E-state index in [9.17, 15) is 4.79 Å². The molecule has 0 aliphatic heterocycles. The Labute approximate surface area is 99.6 Å². The van der Waals surface area contributed by atoms with Gasteiger partial charge in [0, 0.05) is 17.5 Å². The molecule has 0 radical (unpaired) electrons. The van der Waals surface area contributed by atoms with Gasteiger partial charge >= 0.3 is 0 Å². The standard InChI is InChI=1S/C12H12ClNO2/c1-3-11(15)8(2)16-12-6-10(13)5-4-9(12)7-14/h4-6,8H,3H2,1-2H3. The molecule has 0 spiro atoms. The van der Waals surface area contributed by atoms with Crippen molar-refractivity contribution in [3.63, 3.8) is 0 Å². The SMILES string of the molecule is CCC(=O)C(C)Oc1cc(Cl)ccc1C#N. The van der Waals surface area contributed by atoms with Gasteiger partial charge in [0.1, 0.15) is 11.8 Å². The minimum atomic E-state index is -0.560. The number of ketones is 1. The minimum absolute atomic E-state index is 0.0103. The molecule has 3 nitrogen and oxygen atoms in total. The number of Topliss-reactive ketones (excluding diaryl/α,β-unsaturated/α-hetero) is 1. The van der Waals surface area contributed by atoms with Crippen molar-refractivity contribution in [3.8, 4) is 11.8 Å². The molecule has 1 aromatic rings. The van der Waals surface area contributed by atoms with Gasteiger partial charge in [0.05, 0.1) is 5.56 Å². The molecule has 84 valence electrons. The second kappa shape index (κ2) is 5.53. The molecule has 0 saturated heterocycles. The van der Waals surface area contributed by atoms with Crippen LogP contribution in [-0.2, 0) is 4.79 Å². The third-order valence-corrected chi connectivity index (χ3v) is 2.40. The van der Waals surface area contributed by atoms with Crippen LogP contribution in [0.25, 0.3) is 0 Å². The number of rotatable bonds is 4. The highest BCUT2D eigenvalue weighted by Gasteiger charge is 2.14. The summed E-state index contributed by atoms with van der Waals surface area (Å²) < 4.78 is 5.41. The Morgan fingerprint density at radius 2 is 2.31 bits per heavy atom. The maximum absolute atomic E-state index is 11.4. The van der Waals surface area contributed by atoms with Crippen LogP contribution in [-0.4, -0.2) is 11.9 Å². The van der Waals surface area contributed by atoms with Crippen LogP contribution >= 0.6 is 11.6 Å². The van der Waals surface area contributed by atoms with Crippen LogP contribution in [0.5, 0.6) is 5.75 Å². The maximum atomic E-state index is 11.4. The molecule has 0 N–H and O–H groups in total. The van der Waals surface area contributed by atoms with Crippen molar-refractivity contribution in [3.05, 3.63) is 28.8 Å². The van der Waals surface area contributed by atoms with E-state index in [0.717, 1.165) is 0 Å². The van der Waals surface area contributed by atoms with E-state index >= 15 is 0 Å². The summed E-state index contributed by atoms with van der Waals surface area (Å²) in [7, 11) is 0. The molecule has 0 aliphatic carbocycles. The number of nitrogens with zero attached hydrogens (tertiary/aromatic N) is 1. The first kappa shape index (κ1) is 12.5. The van der Waals surface area contributed by atoms with Crippen LogP contribution in [0.4, 0.5) is 0 Å². The first-order chi connectivity index (χ1) is 7.58. The highest BCUT2D eigenvalue weighted by molar-refractivity contribution is 6.30. The van der Waals surface area contributed by atoms with Crippen LogP contribution < -0.4 is 4.74 Å². The van der Waals surface area contributed by atoms with Crippen molar-refractivity contribution in [2.75, 3.05) is 0 Å². The highest BCUT2D eigenvalue weighted by Crippen LogP contribution is 2.23. The molecule has 4 heteroatoms. The third kappa shape index (κ3) is 2.98. The van der Waals surface area contributed by atoms with E-state index < -0.39 is 6.10 Å². The number of carbonyl (C=O) groups excluding carboxylic acids is 1. The van der Waals surface area contributed by atoms with Crippen molar-refractivity contribution < 1.29 is 9.53 Å². The number of carbonyl (C=O) groups is 1. The molecule has 0 aliphatic rings. The molecule has 0 heterocycles. The topological polar surface area (TPSA) is 50.1 Å². The molecular formula is C12H12ClNO2. The first-order valence-corrected chi connectivity index (χ1v) is 5.35. The Morgan fingerprint density at radius 3 is 2.88 bits per heavy atom. The monoisotopic (exact) mass is 237 g/mol. The van der Waals surface area contributed by atoms with Crippen LogP contribution in [0, 0.1) is 11.3 Å². The summed E-state index contributed by atoms with van der Waals surface area (Å²) in [6, 6.07) is 6.71. The van der Waals surface area contributed by atoms with Crippen molar-refractivity contribution in [1.82, 2.24) is 0 Å². The normalized spacial score (nSPS) is 11.6. The largest absolute Gasteiger partial charge is 0.482 e. The number of hydrogen-bond acceptors (Lipinski definition) is 3. The molecular weight excluding hydrogens is 226 g/mol. The quantitative estimate of drug-likeness (QED) is 0.809. The summed E-state index contributed by atoms with van der Waals surface area (Å²) in [6.07, 6.45) is -0.153. The first-order valence-electron chi connectivity index (χ1n) is 4.97. The van der Waals surface area contributed by atoms with Crippen LogP contribution in [0.2, 0.25) is 5.02 Å². The lowest BCUT2D eigenvalue weighted by atomic mass is 10.2. The smallest absolute Gasteiger partial charge is 0.172 e. The predicted octanol–water partition coefficient (Wildman–Crippen LogP) is 2.96. The van der Waals surface area contributed by atoms with E-state index in [0.29, 0.717) is 22.8 Å².